The van der Waals surface area contributed by atoms with Gasteiger partial charge in [-0.1, -0.05) is 52.9 Å². The number of unbranched alkanes of at least 4 members (excludes halogenated alkanes) is 5. The van der Waals surface area contributed by atoms with Crippen molar-refractivity contribution in [3.05, 3.63) is 36.7 Å². The first-order valence-electron chi connectivity index (χ1n) is 12.4. The number of hydrogen-bond acceptors (Lipinski definition) is 6. The molecule has 0 amide bonds. The molecule has 3 rings (SSSR count). The van der Waals surface area contributed by atoms with Gasteiger partial charge in [0, 0.05) is 12.0 Å². The maximum atomic E-state index is 12.0. The van der Waals surface area contributed by atoms with E-state index in [2.05, 4.69) is 30.7 Å². The van der Waals surface area contributed by atoms with Crippen LogP contribution in [0.5, 0.6) is 11.5 Å². The van der Waals surface area contributed by atoms with E-state index in [1.54, 1.807) is 12.4 Å². The lowest BCUT2D eigenvalue weighted by atomic mass is 9.94. The number of benzene rings is 1. The van der Waals surface area contributed by atoms with Crippen LogP contribution in [0, 0.1) is 11.8 Å². The molecule has 0 bridgehead atoms. The zero-order chi connectivity index (χ0) is 23.5. The summed E-state index contributed by atoms with van der Waals surface area (Å²) in [6, 6.07) is 7.65. The molecule has 1 aromatic heterocycles. The number of hydrogen-bond donors (Lipinski definition) is 0. The molecule has 1 aliphatic rings. The molecule has 1 fully saturated rings. The Labute approximate surface area is 198 Å². The maximum Gasteiger partial charge on any atom is 0.309 e. The fourth-order valence-corrected chi connectivity index (χ4v) is 4.09. The molecule has 2 aromatic rings. The number of carbonyl (C=O) groups excluding carboxylic acids is 1. The Morgan fingerprint density at radius 2 is 1.67 bits per heavy atom. The summed E-state index contributed by atoms with van der Waals surface area (Å²) in [5, 5.41) is 0. The van der Waals surface area contributed by atoms with Gasteiger partial charge in [-0.05, 0) is 43.0 Å². The van der Waals surface area contributed by atoms with Gasteiger partial charge < -0.3 is 14.2 Å². The quantitative estimate of drug-likeness (QED) is 0.249. The summed E-state index contributed by atoms with van der Waals surface area (Å²) in [5.74, 6) is 2.47. The molecule has 33 heavy (non-hydrogen) atoms. The summed E-state index contributed by atoms with van der Waals surface area (Å²) in [4.78, 5) is 20.8. The molecule has 0 N–H and O–H groups in total. The van der Waals surface area contributed by atoms with Crippen molar-refractivity contribution in [2.45, 2.75) is 78.2 Å². The Bertz CT molecular complexity index is 836. The molecule has 0 saturated carbocycles. The van der Waals surface area contributed by atoms with Gasteiger partial charge in [-0.3, -0.25) is 4.79 Å². The zero-order valence-electron chi connectivity index (χ0n) is 20.3. The fraction of sp³-hybridized carbons (Fsp3) is 0.593. The first-order chi connectivity index (χ1) is 16.0. The first-order valence-corrected chi connectivity index (χ1v) is 12.4. The molecule has 1 unspecified atom stereocenters. The number of carbonyl (C=O) groups is 1. The summed E-state index contributed by atoms with van der Waals surface area (Å²) >= 11 is 0. The van der Waals surface area contributed by atoms with Crippen molar-refractivity contribution < 1.29 is 19.0 Å². The Kier molecular flexibility index (Phi) is 9.98. The lowest BCUT2D eigenvalue weighted by Gasteiger charge is -2.12. The normalized spacial score (nSPS) is 17.9. The second-order valence-electron chi connectivity index (χ2n) is 9.32. The molecular formula is C27H38N2O4. The van der Waals surface area contributed by atoms with Gasteiger partial charge in [-0.25, -0.2) is 9.97 Å². The molecule has 1 saturated heterocycles. The van der Waals surface area contributed by atoms with Crippen LogP contribution in [-0.2, 0) is 9.53 Å². The van der Waals surface area contributed by atoms with E-state index in [4.69, 9.17) is 14.2 Å². The molecule has 1 aromatic carbocycles. The van der Waals surface area contributed by atoms with E-state index < -0.39 is 0 Å². The van der Waals surface area contributed by atoms with Crippen LogP contribution in [0.25, 0.3) is 11.4 Å². The summed E-state index contributed by atoms with van der Waals surface area (Å²) in [6.45, 7) is 7.56. The number of esters is 1. The van der Waals surface area contributed by atoms with E-state index in [0.717, 1.165) is 30.6 Å². The summed E-state index contributed by atoms with van der Waals surface area (Å²) in [6.07, 6.45) is 12.3. The van der Waals surface area contributed by atoms with Crippen molar-refractivity contribution in [1.29, 1.82) is 0 Å². The van der Waals surface area contributed by atoms with Gasteiger partial charge in [0.05, 0.1) is 24.9 Å². The molecule has 2 atom stereocenters. The van der Waals surface area contributed by atoms with E-state index in [1.807, 2.05) is 24.3 Å². The van der Waals surface area contributed by atoms with Gasteiger partial charge in [0.25, 0.3) is 0 Å². The van der Waals surface area contributed by atoms with E-state index >= 15 is 0 Å². The maximum absolute atomic E-state index is 12.0. The smallest absolute Gasteiger partial charge is 0.309 e. The molecule has 1 aliphatic heterocycles. The molecule has 0 radical (unpaired) electrons. The second-order valence-corrected chi connectivity index (χ2v) is 9.32. The van der Waals surface area contributed by atoms with Crippen molar-refractivity contribution in [1.82, 2.24) is 9.97 Å². The minimum absolute atomic E-state index is 0.00382. The van der Waals surface area contributed by atoms with Gasteiger partial charge in [0.2, 0.25) is 0 Å². The Balaban J connectivity index is 1.40. The molecule has 0 spiro atoms. The van der Waals surface area contributed by atoms with E-state index in [-0.39, 0.29) is 18.0 Å². The van der Waals surface area contributed by atoms with Crippen LogP contribution in [0.4, 0.5) is 0 Å². The lowest BCUT2D eigenvalue weighted by Crippen LogP contribution is -2.17. The number of cyclic esters (lactones) is 1. The van der Waals surface area contributed by atoms with Crippen LogP contribution < -0.4 is 9.47 Å². The minimum Gasteiger partial charge on any atom is -0.490 e. The molecule has 2 heterocycles. The van der Waals surface area contributed by atoms with E-state index in [9.17, 15) is 4.79 Å². The van der Waals surface area contributed by atoms with E-state index in [1.165, 1.54) is 32.1 Å². The van der Waals surface area contributed by atoms with Crippen LogP contribution in [0.2, 0.25) is 0 Å². The van der Waals surface area contributed by atoms with Crippen molar-refractivity contribution in [2.24, 2.45) is 11.8 Å². The monoisotopic (exact) mass is 454 g/mol. The molecular weight excluding hydrogens is 416 g/mol. The topological polar surface area (TPSA) is 70.5 Å². The third-order valence-electron chi connectivity index (χ3n) is 5.86. The summed E-state index contributed by atoms with van der Waals surface area (Å²) in [5.41, 5.74) is 0.911. The number of nitrogens with zero attached hydrogens (tertiary/aromatic N) is 2. The zero-order valence-corrected chi connectivity index (χ0v) is 20.3. The highest BCUT2D eigenvalue weighted by Gasteiger charge is 2.34. The third-order valence-corrected chi connectivity index (χ3v) is 5.86. The van der Waals surface area contributed by atoms with Gasteiger partial charge >= 0.3 is 5.97 Å². The first kappa shape index (κ1) is 25.0. The standard InChI is InChI=1S/C27H38N2O4/c1-4-5-6-7-8-9-14-31-25-17-28-26(29-18-25)21-10-12-23(13-11-21)32-19-24-16-22(15-20(2)3)27(30)33-24/h10-13,17-18,20,22,24H,4-9,14-16,19H2,1-3H3/t22?,24-/m0/s1. The number of rotatable bonds is 14. The molecule has 6 heteroatoms. The summed E-state index contributed by atoms with van der Waals surface area (Å²) < 4.78 is 17.1. The largest absolute Gasteiger partial charge is 0.490 e. The van der Waals surface area contributed by atoms with Crippen LogP contribution in [0.15, 0.2) is 36.7 Å². The number of ether oxygens (including phenoxy) is 3. The predicted octanol–water partition coefficient (Wildman–Crippen LogP) is 6.24. The Morgan fingerprint density at radius 3 is 2.36 bits per heavy atom. The van der Waals surface area contributed by atoms with Crippen LogP contribution >= 0.6 is 0 Å². The molecule has 0 aliphatic carbocycles. The van der Waals surface area contributed by atoms with Crippen LogP contribution in [0.3, 0.4) is 0 Å². The average molecular weight is 455 g/mol. The average Bonchev–Trinajstić information content (AvgIpc) is 3.16. The Morgan fingerprint density at radius 1 is 0.970 bits per heavy atom. The van der Waals surface area contributed by atoms with Crippen molar-refractivity contribution >= 4 is 5.97 Å². The highest BCUT2D eigenvalue weighted by atomic mass is 16.6. The number of aromatic nitrogens is 2. The highest BCUT2D eigenvalue weighted by molar-refractivity contribution is 5.74. The fourth-order valence-electron chi connectivity index (χ4n) is 4.09. The van der Waals surface area contributed by atoms with Gasteiger partial charge in [-0.2, -0.15) is 0 Å². The summed E-state index contributed by atoms with van der Waals surface area (Å²) in [7, 11) is 0. The highest BCUT2D eigenvalue weighted by Crippen LogP contribution is 2.28. The lowest BCUT2D eigenvalue weighted by molar-refractivity contribution is -0.145. The predicted molar refractivity (Wildman–Crippen MR) is 129 cm³/mol. The van der Waals surface area contributed by atoms with Crippen LogP contribution in [-0.4, -0.2) is 35.3 Å². The van der Waals surface area contributed by atoms with Crippen molar-refractivity contribution in [3.63, 3.8) is 0 Å². The van der Waals surface area contributed by atoms with E-state index in [0.29, 0.717) is 30.7 Å². The minimum atomic E-state index is -0.173. The SMILES string of the molecule is CCCCCCCCOc1cnc(-c2ccc(OC[C@@H]3CC(CC(C)C)C(=O)O3)cc2)nc1. The second kappa shape index (κ2) is 13.2. The van der Waals surface area contributed by atoms with Gasteiger partial charge in [0.1, 0.15) is 18.5 Å². The van der Waals surface area contributed by atoms with Crippen LogP contribution in [0.1, 0.15) is 72.1 Å². The Hall–Kier alpha value is -2.63. The molecule has 180 valence electrons. The van der Waals surface area contributed by atoms with Crippen molar-refractivity contribution in [3.8, 4) is 22.9 Å². The van der Waals surface area contributed by atoms with Gasteiger partial charge in [0.15, 0.2) is 11.6 Å². The third kappa shape index (κ3) is 8.34. The van der Waals surface area contributed by atoms with Gasteiger partial charge in [-0.15, -0.1) is 0 Å². The van der Waals surface area contributed by atoms with Crippen molar-refractivity contribution in [2.75, 3.05) is 13.2 Å². The molecule has 6 nitrogen and oxygen atoms in total.